The summed E-state index contributed by atoms with van der Waals surface area (Å²) in [6, 6.07) is 21.8. The molecule has 2 unspecified atom stereocenters. The molecule has 0 radical (unpaired) electrons. The fraction of sp³-hybridized carbons (Fsp3) is 0.467. The van der Waals surface area contributed by atoms with E-state index in [0.29, 0.717) is 0 Å². The van der Waals surface area contributed by atoms with Crippen molar-refractivity contribution in [1.29, 1.82) is 0 Å². The van der Waals surface area contributed by atoms with Gasteiger partial charge >= 0.3 is 206 Å². The second kappa shape index (κ2) is 13.2. The van der Waals surface area contributed by atoms with Crippen LogP contribution in [0, 0.1) is 11.8 Å². The Morgan fingerprint density at radius 3 is 1.41 bits per heavy atom. The zero-order chi connectivity index (χ0) is 22.8. The first kappa shape index (κ1) is 29.8. The Labute approximate surface area is 229 Å². The Hall–Kier alpha value is -0.400. The van der Waals surface area contributed by atoms with Crippen molar-refractivity contribution in [3.05, 3.63) is 81.9 Å². The summed E-state index contributed by atoms with van der Waals surface area (Å²) in [6.45, 7) is 14.7. The molecule has 0 fully saturated rings. The van der Waals surface area contributed by atoms with Crippen LogP contribution in [-0.2, 0) is 20.9 Å². The van der Waals surface area contributed by atoms with Crippen LogP contribution in [0.1, 0.15) is 83.9 Å². The van der Waals surface area contributed by atoms with Gasteiger partial charge in [0.05, 0.1) is 0 Å². The van der Waals surface area contributed by atoms with E-state index in [1.807, 2.05) is 0 Å². The quantitative estimate of drug-likeness (QED) is 0.394. The second-order valence-corrected chi connectivity index (χ2v) is 29.1. The largest absolute Gasteiger partial charge is 1.00 e. The molecule has 2 aromatic carbocycles. The maximum atomic E-state index is 2.62. The molecule has 0 aromatic heterocycles. The van der Waals surface area contributed by atoms with Crippen LogP contribution < -0.4 is 24.8 Å². The third-order valence-corrected chi connectivity index (χ3v) is 33.9. The van der Waals surface area contributed by atoms with Gasteiger partial charge < -0.3 is 24.8 Å². The fourth-order valence-electron chi connectivity index (χ4n) is 6.26. The molecule has 0 saturated carbocycles. The summed E-state index contributed by atoms with van der Waals surface area (Å²) in [7, 11) is 0. The molecule has 2 aliphatic rings. The van der Waals surface area contributed by atoms with Crippen molar-refractivity contribution < 1.29 is 45.7 Å². The van der Waals surface area contributed by atoms with E-state index in [4.69, 9.17) is 0 Å². The summed E-state index contributed by atoms with van der Waals surface area (Å²) in [4.78, 5) is 0. The monoisotopic (exact) mass is 589 g/mol. The van der Waals surface area contributed by atoms with Crippen molar-refractivity contribution in [2.24, 2.45) is 11.8 Å². The van der Waals surface area contributed by atoms with Crippen LogP contribution in [0.15, 0.2) is 59.7 Å². The minimum Gasteiger partial charge on any atom is -1.00 e. The van der Waals surface area contributed by atoms with E-state index < -0.39 is 26.8 Å². The number of hydrogen-bond donors (Lipinski definition) is 0. The standard InChI is InChI=1S/2C13H15.C4H11Si.2ClH.Zr/c2*1-10(2)7-11-8-12-5-3-4-6-13(12)9-11;1-3-5-4-2;;;/h2*3-6,8-10H,7H2,1-2H3;5H,3-4H2,1-2H3;2*1H;/q;;;;;+2/p-2. The number of rotatable bonds is 9. The van der Waals surface area contributed by atoms with Crippen molar-refractivity contribution in [2.75, 3.05) is 0 Å². The van der Waals surface area contributed by atoms with Gasteiger partial charge in [-0.1, -0.05) is 0 Å². The maximum absolute atomic E-state index is 2.62. The van der Waals surface area contributed by atoms with Crippen molar-refractivity contribution in [3.8, 4) is 0 Å². The van der Waals surface area contributed by atoms with Crippen LogP contribution in [0.3, 0.4) is 0 Å². The van der Waals surface area contributed by atoms with Crippen LogP contribution in [0.5, 0.6) is 0 Å². The molecule has 4 rings (SSSR count). The van der Waals surface area contributed by atoms with Crippen molar-refractivity contribution in [1.82, 2.24) is 0 Å². The Kier molecular flexibility index (Phi) is 11.6. The number of fused-ring (bicyclic) bond motifs is 2. The fourth-order valence-corrected chi connectivity index (χ4v) is 34.3. The van der Waals surface area contributed by atoms with E-state index in [-0.39, 0.29) is 24.8 Å². The molecule has 0 aliphatic heterocycles. The predicted molar refractivity (Wildman–Crippen MR) is 141 cm³/mol. The van der Waals surface area contributed by atoms with E-state index in [2.05, 4.69) is 102 Å². The molecule has 2 atom stereocenters. The van der Waals surface area contributed by atoms with Gasteiger partial charge in [-0.3, -0.25) is 0 Å². The summed E-state index contributed by atoms with van der Waals surface area (Å²) in [5.74, 6) is 0.675. The van der Waals surface area contributed by atoms with Gasteiger partial charge in [-0.25, -0.2) is 0 Å². The number of hydrogen-bond acceptors (Lipinski definition) is 0. The zero-order valence-corrected chi connectivity index (χ0v) is 26.9. The number of halogens is 2. The summed E-state index contributed by atoms with van der Waals surface area (Å²) >= 11 is -1.96. The molecular formula is C30H41Cl2SiZr. The third-order valence-electron chi connectivity index (χ3n) is 7.45. The first-order valence-corrected chi connectivity index (χ1v) is 22.2. The van der Waals surface area contributed by atoms with Crippen LogP contribution in [0.25, 0.3) is 12.2 Å². The molecule has 0 nitrogen and oxygen atoms in total. The Bertz CT molecular complexity index is 931. The van der Waals surface area contributed by atoms with E-state index in [1.165, 1.54) is 36.1 Å². The van der Waals surface area contributed by atoms with Crippen LogP contribution in [0.4, 0.5) is 0 Å². The van der Waals surface area contributed by atoms with Crippen LogP contribution in [-0.4, -0.2) is 5.92 Å². The summed E-state index contributed by atoms with van der Waals surface area (Å²) in [6.07, 6.45) is 7.78. The van der Waals surface area contributed by atoms with Gasteiger partial charge in [0.1, 0.15) is 0 Å². The molecule has 0 heterocycles. The van der Waals surface area contributed by atoms with Crippen molar-refractivity contribution >= 4 is 18.1 Å². The van der Waals surface area contributed by atoms with Crippen LogP contribution >= 0.6 is 0 Å². The smallest absolute Gasteiger partial charge is 1.00 e. The molecule has 2 aliphatic carbocycles. The van der Waals surface area contributed by atoms with E-state index in [1.54, 1.807) is 22.3 Å². The van der Waals surface area contributed by atoms with Gasteiger partial charge in [0.2, 0.25) is 0 Å². The maximum Gasteiger partial charge on any atom is -1.00 e. The van der Waals surface area contributed by atoms with Crippen molar-refractivity contribution in [3.63, 3.8) is 0 Å². The van der Waals surface area contributed by atoms with E-state index in [0.717, 1.165) is 19.1 Å². The second-order valence-electron chi connectivity index (χ2n) is 10.8. The average Bonchev–Trinajstić information content (AvgIpc) is 3.28. The van der Waals surface area contributed by atoms with Gasteiger partial charge in [0, 0.05) is 0 Å². The first-order chi connectivity index (χ1) is 15.4. The van der Waals surface area contributed by atoms with Gasteiger partial charge in [-0.2, -0.15) is 0 Å². The Morgan fingerprint density at radius 1 is 0.676 bits per heavy atom. The average molecular weight is 592 g/mol. The van der Waals surface area contributed by atoms with Crippen LogP contribution in [0.2, 0.25) is 12.1 Å². The minimum absolute atomic E-state index is 0. The third kappa shape index (κ3) is 6.11. The molecule has 34 heavy (non-hydrogen) atoms. The normalized spacial score (nSPS) is 18.3. The molecule has 4 heteroatoms. The molecule has 0 N–H and O–H groups in total. The zero-order valence-electron chi connectivity index (χ0n) is 21.7. The molecule has 0 bridgehead atoms. The summed E-state index contributed by atoms with van der Waals surface area (Å²) in [5.41, 5.74) is 10.1. The van der Waals surface area contributed by atoms with E-state index in [9.17, 15) is 0 Å². The van der Waals surface area contributed by atoms with Gasteiger partial charge in [0.25, 0.3) is 0 Å². The Morgan fingerprint density at radius 2 is 1.06 bits per heavy atom. The summed E-state index contributed by atoms with van der Waals surface area (Å²) < 4.78 is 1.58. The van der Waals surface area contributed by atoms with Gasteiger partial charge in [-0.15, -0.1) is 0 Å². The molecular weight excluding hydrogens is 551 g/mol. The molecule has 0 spiro atoms. The topological polar surface area (TPSA) is 0 Å². The Balaban J connectivity index is 0.00000204. The van der Waals surface area contributed by atoms with Gasteiger partial charge in [-0.05, 0) is 0 Å². The SMILES string of the molecule is CC[SiH](CC)[Zr+2]([CH]1C(CC(C)C)=Cc2ccccc21)[CH]1C(CC(C)C)=Cc2ccccc21.[Cl-].[Cl-]. The van der Waals surface area contributed by atoms with Crippen molar-refractivity contribution in [2.45, 2.75) is 73.7 Å². The molecule has 183 valence electrons. The van der Waals surface area contributed by atoms with Gasteiger partial charge in [0.15, 0.2) is 0 Å². The molecule has 0 saturated heterocycles. The summed E-state index contributed by atoms with van der Waals surface area (Å²) in [5, 5.41) is 0. The van der Waals surface area contributed by atoms with E-state index >= 15 is 0 Å². The molecule has 2 aromatic rings. The predicted octanol–water partition coefficient (Wildman–Crippen LogP) is 2.75. The minimum atomic E-state index is -1.96. The number of benzene rings is 2. The number of allylic oxidation sites excluding steroid dienone is 2. The first-order valence-electron chi connectivity index (χ1n) is 12.9. The molecule has 0 amide bonds.